The summed E-state index contributed by atoms with van der Waals surface area (Å²) in [6.07, 6.45) is 5.90. The van der Waals surface area contributed by atoms with E-state index in [1.165, 1.54) is 12.8 Å². The number of halogens is 1. The molecular formula is C22H33ClN2O3. The highest BCUT2D eigenvalue weighted by molar-refractivity contribution is 5.89. The molecule has 1 aromatic rings. The Bertz CT molecular complexity index is 732. The summed E-state index contributed by atoms with van der Waals surface area (Å²) in [5.74, 6) is 0.834. The third kappa shape index (κ3) is 3.21. The van der Waals surface area contributed by atoms with Crippen LogP contribution in [0.4, 0.5) is 0 Å². The fourth-order valence-electron chi connectivity index (χ4n) is 5.18. The first kappa shape index (κ1) is 21.4. The lowest BCUT2D eigenvalue weighted by Gasteiger charge is -2.58. The molecule has 1 spiro atoms. The van der Waals surface area contributed by atoms with Gasteiger partial charge in [0.15, 0.2) is 0 Å². The summed E-state index contributed by atoms with van der Waals surface area (Å²) in [7, 11) is 0. The molecule has 3 N–H and O–H groups in total. The van der Waals surface area contributed by atoms with Crippen LogP contribution in [-0.4, -0.2) is 29.8 Å². The van der Waals surface area contributed by atoms with Crippen LogP contribution < -0.4 is 15.8 Å². The van der Waals surface area contributed by atoms with Gasteiger partial charge in [-0.25, -0.2) is 0 Å². The van der Waals surface area contributed by atoms with Crippen LogP contribution in [0.5, 0.6) is 5.75 Å². The second-order valence-electron chi connectivity index (χ2n) is 9.10. The smallest absolute Gasteiger partial charge is 0.241 e. The van der Waals surface area contributed by atoms with Crippen LogP contribution in [0.2, 0.25) is 0 Å². The number of hydrogen-bond donors (Lipinski definition) is 2. The summed E-state index contributed by atoms with van der Waals surface area (Å²) < 4.78 is 12.2. The van der Waals surface area contributed by atoms with Crippen LogP contribution in [0.25, 0.3) is 0 Å². The zero-order valence-corrected chi connectivity index (χ0v) is 17.9. The number of nitrogens with two attached hydrogens (primary N) is 1. The topological polar surface area (TPSA) is 73.6 Å². The van der Waals surface area contributed by atoms with Crippen molar-refractivity contribution in [1.29, 1.82) is 0 Å². The van der Waals surface area contributed by atoms with E-state index in [9.17, 15) is 4.79 Å². The van der Waals surface area contributed by atoms with Crippen LogP contribution in [0, 0.1) is 5.41 Å². The van der Waals surface area contributed by atoms with Crippen molar-refractivity contribution >= 4 is 18.3 Å². The molecule has 3 unspecified atom stereocenters. The van der Waals surface area contributed by atoms with E-state index in [-0.39, 0.29) is 41.5 Å². The Morgan fingerprint density at radius 2 is 1.93 bits per heavy atom. The lowest BCUT2D eigenvalue weighted by Crippen LogP contribution is -2.76. The van der Waals surface area contributed by atoms with Gasteiger partial charge in [0.25, 0.3) is 0 Å². The Morgan fingerprint density at radius 3 is 2.57 bits per heavy atom. The molecule has 1 amide bonds. The number of fused-ring (bicyclic) bond motifs is 1. The average Bonchev–Trinajstić information content (AvgIpc) is 3.08. The minimum absolute atomic E-state index is 0. The molecule has 4 rings (SSSR count). The second kappa shape index (κ2) is 7.51. The first-order chi connectivity index (χ1) is 12.8. The Morgan fingerprint density at radius 1 is 1.25 bits per heavy atom. The zero-order valence-electron chi connectivity index (χ0n) is 17.1. The number of benzene rings is 1. The molecule has 5 nitrogen and oxygen atoms in total. The standard InChI is InChI=1S/C22H32N2O3.ClH/c1-4-26-18-14-22(23,20(18,2)3)19(25)24-16-13-21(11-7-8-12-21)27-17-10-6-5-9-15(16)17;/h5-6,9-10,16,18H,4,7-8,11-14,23H2,1-3H3,(H,24,25);1H. The zero-order chi connectivity index (χ0) is 19.3. The van der Waals surface area contributed by atoms with Gasteiger partial charge in [0.05, 0.1) is 12.1 Å². The van der Waals surface area contributed by atoms with E-state index in [0.29, 0.717) is 13.0 Å². The third-order valence-corrected chi connectivity index (χ3v) is 7.25. The van der Waals surface area contributed by atoms with Gasteiger partial charge in [0, 0.05) is 30.4 Å². The van der Waals surface area contributed by atoms with Gasteiger partial charge in [-0.3, -0.25) is 4.79 Å². The number of carbonyl (C=O) groups is 1. The number of carbonyl (C=O) groups excluding carboxylic acids is 1. The van der Waals surface area contributed by atoms with Crippen molar-refractivity contribution in [3.63, 3.8) is 0 Å². The summed E-state index contributed by atoms with van der Waals surface area (Å²) in [5.41, 5.74) is 6.24. The molecule has 2 fully saturated rings. The predicted octanol–water partition coefficient (Wildman–Crippen LogP) is 3.89. The molecule has 1 aliphatic heterocycles. The van der Waals surface area contributed by atoms with Gasteiger partial charge in [-0.2, -0.15) is 0 Å². The number of ether oxygens (including phenoxy) is 2. The number of rotatable bonds is 4. The largest absolute Gasteiger partial charge is 0.487 e. The minimum Gasteiger partial charge on any atom is -0.487 e. The Kier molecular flexibility index (Phi) is 5.74. The molecule has 2 aliphatic carbocycles. The van der Waals surface area contributed by atoms with E-state index in [1.807, 2.05) is 39.0 Å². The van der Waals surface area contributed by atoms with Gasteiger partial charge in [-0.05, 0) is 38.7 Å². The van der Waals surface area contributed by atoms with Crippen LogP contribution in [0.15, 0.2) is 24.3 Å². The summed E-state index contributed by atoms with van der Waals surface area (Å²) in [4.78, 5) is 13.3. The lowest BCUT2D eigenvalue weighted by molar-refractivity contribution is -0.171. The Labute approximate surface area is 174 Å². The van der Waals surface area contributed by atoms with E-state index in [0.717, 1.165) is 30.6 Å². The number of nitrogens with one attached hydrogen (secondary N) is 1. The van der Waals surface area contributed by atoms with E-state index < -0.39 is 5.54 Å². The van der Waals surface area contributed by atoms with Crippen molar-refractivity contribution in [3.05, 3.63) is 29.8 Å². The molecule has 0 radical (unpaired) electrons. The van der Waals surface area contributed by atoms with E-state index >= 15 is 0 Å². The Balaban J connectivity index is 0.00000225. The molecule has 156 valence electrons. The van der Waals surface area contributed by atoms with Crippen LogP contribution >= 0.6 is 12.4 Å². The summed E-state index contributed by atoms with van der Waals surface area (Å²) in [5, 5.41) is 3.29. The fraction of sp³-hybridized carbons (Fsp3) is 0.682. The van der Waals surface area contributed by atoms with Crippen molar-refractivity contribution in [3.8, 4) is 5.75 Å². The second-order valence-corrected chi connectivity index (χ2v) is 9.10. The lowest BCUT2D eigenvalue weighted by atomic mass is 9.54. The van der Waals surface area contributed by atoms with Gasteiger partial charge in [0.1, 0.15) is 16.9 Å². The highest BCUT2D eigenvalue weighted by Gasteiger charge is 2.63. The maximum atomic E-state index is 13.3. The van der Waals surface area contributed by atoms with Gasteiger partial charge in [-0.15, -0.1) is 12.4 Å². The van der Waals surface area contributed by atoms with Crippen molar-refractivity contribution < 1.29 is 14.3 Å². The van der Waals surface area contributed by atoms with Gasteiger partial charge < -0.3 is 20.5 Å². The molecular weight excluding hydrogens is 376 g/mol. The molecule has 0 aromatic heterocycles. The molecule has 0 saturated heterocycles. The van der Waals surface area contributed by atoms with Gasteiger partial charge in [-0.1, -0.05) is 32.0 Å². The average molecular weight is 409 g/mol. The minimum atomic E-state index is -0.900. The summed E-state index contributed by atoms with van der Waals surface area (Å²) in [6.45, 7) is 6.69. The monoisotopic (exact) mass is 408 g/mol. The summed E-state index contributed by atoms with van der Waals surface area (Å²) in [6, 6.07) is 8.02. The van der Waals surface area contributed by atoms with Crippen molar-refractivity contribution in [2.45, 2.75) is 82.6 Å². The number of hydrogen-bond acceptors (Lipinski definition) is 4. The van der Waals surface area contributed by atoms with Crippen LogP contribution in [0.3, 0.4) is 0 Å². The van der Waals surface area contributed by atoms with Crippen molar-refractivity contribution in [2.75, 3.05) is 6.61 Å². The molecule has 3 atom stereocenters. The molecule has 3 aliphatic rings. The molecule has 1 heterocycles. The van der Waals surface area contributed by atoms with Crippen molar-refractivity contribution in [2.24, 2.45) is 11.1 Å². The van der Waals surface area contributed by atoms with E-state index in [4.69, 9.17) is 15.2 Å². The highest BCUT2D eigenvalue weighted by atomic mass is 35.5. The fourth-order valence-corrected chi connectivity index (χ4v) is 5.18. The maximum absolute atomic E-state index is 13.3. The van der Waals surface area contributed by atoms with Crippen LogP contribution in [0.1, 0.15) is 70.9 Å². The molecule has 1 aromatic carbocycles. The molecule has 0 bridgehead atoms. The normalized spacial score (nSPS) is 31.9. The molecule has 28 heavy (non-hydrogen) atoms. The van der Waals surface area contributed by atoms with Crippen molar-refractivity contribution in [1.82, 2.24) is 5.32 Å². The van der Waals surface area contributed by atoms with Gasteiger partial charge >= 0.3 is 0 Å². The molecule has 2 saturated carbocycles. The van der Waals surface area contributed by atoms with E-state index in [2.05, 4.69) is 11.4 Å². The first-order valence-electron chi connectivity index (χ1n) is 10.3. The third-order valence-electron chi connectivity index (χ3n) is 7.25. The first-order valence-corrected chi connectivity index (χ1v) is 10.3. The van der Waals surface area contributed by atoms with Gasteiger partial charge in [0.2, 0.25) is 5.91 Å². The number of amides is 1. The Hall–Kier alpha value is -1.30. The molecule has 6 heteroatoms. The highest BCUT2D eigenvalue weighted by Crippen LogP contribution is 2.51. The van der Waals surface area contributed by atoms with Crippen LogP contribution in [-0.2, 0) is 9.53 Å². The maximum Gasteiger partial charge on any atom is 0.241 e. The predicted molar refractivity (Wildman–Crippen MR) is 112 cm³/mol. The van der Waals surface area contributed by atoms with E-state index in [1.54, 1.807) is 0 Å². The summed E-state index contributed by atoms with van der Waals surface area (Å²) >= 11 is 0. The quantitative estimate of drug-likeness (QED) is 0.792. The number of para-hydroxylation sites is 1. The SMILES string of the molecule is CCOC1CC(N)(C(=O)NC2CC3(CCCC3)Oc3ccccc32)C1(C)C.Cl.